The lowest BCUT2D eigenvalue weighted by atomic mass is 10.1. The van der Waals surface area contributed by atoms with Crippen LogP contribution in [0.2, 0.25) is 0 Å². The predicted molar refractivity (Wildman–Crippen MR) is 98.4 cm³/mol. The summed E-state index contributed by atoms with van der Waals surface area (Å²) in [5.41, 5.74) is 0.868. The first-order valence-electron chi connectivity index (χ1n) is 8.94. The summed E-state index contributed by atoms with van der Waals surface area (Å²) < 4.78 is 51.9. The molecule has 4 nitrogen and oxygen atoms in total. The maximum Gasteiger partial charge on any atom is 0.417 e. The van der Waals surface area contributed by atoms with E-state index in [1.165, 1.54) is 18.2 Å². The Hall–Kier alpha value is -2.74. The molecule has 0 radical (unpaired) electrons. The number of piperazine rings is 1. The van der Waals surface area contributed by atoms with E-state index >= 15 is 0 Å². The van der Waals surface area contributed by atoms with Gasteiger partial charge in [0.2, 0.25) is 0 Å². The van der Waals surface area contributed by atoms with Crippen molar-refractivity contribution in [3.8, 4) is 0 Å². The van der Waals surface area contributed by atoms with Crippen molar-refractivity contribution < 1.29 is 17.6 Å². The minimum absolute atomic E-state index is 0.289. The number of aromatic nitrogens is 2. The molecule has 0 spiro atoms. The highest BCUT2D eigenvalue weighted by atomic mass is 19.4. The molecular weight excluding hydrogens is 372 g/mol. The predicted octanol–water partition coefficient (Wildman–Crippen LogP) is 4.11. The molecule has 0 saturated carbocycles. The van der Waals surface area contributed by atoms with Gasteiger partial charge < -0.3 is 4.90 Å². The van der Waals surface area contributed by atoms with E-state index in [1.807, 2.05) is 11.0 Å². The van der Waals surface area contributed by atoms with Crippen molar-refractivity contribution in [2.75, 3.05) is 31.1 Å². The fourth-order valence-electron chi connectivity index (χ4n) is 3.46. The van der Waals surface area contributed by atoms with Crippen LogP contribution in [0.25, 0.3) is 10.9 Å². The average Bonchev–Trinajstić information content (AvgIpc) is 2.68. The molecular formula is C20H18F4N4. The quantitative estimate of drug-likeness (QED) is 0.630. The van der Waals surface area contributed by atoms with Crippen molar-refractivity contribution in [1.82, 2.24) is 14.9 Å². The van der Waals surface area contributed by atoms with Crippen LogP contribution in [0.5, 0.6) is 0 Å². The number of benzene rings is 1. The van der Waals surface area contributed by atoms with Crippen molar-refractivity contribution in [2.24, 2.45) is 0 Å². The van der Waals surface area contributed by atoms with Gasteiger partial charge in [0.05, 0.1) is 11.1 Å². The molecule has 4 rings (SSSR count). The summed E-state index contributed by atoms with van der Waals surface area (Å²) in [5, 5.41) is 0.769. The van der Waals surface area contributed by atoms with E-state index in [1.54, 1.807) is 12.3 Å². The molecule has 0 bridgehead atoms. The smallest absolute Gasteiger partial charge is 0.354 e. The average molecular weight is 390 g/mol. The van der Waals surface area contributed by atoms with Crippen LogP contribution in [0.4, 0.5) is 23.4 Å². The van der Waals surface area contributed by atoms with Crippen molar-refractivity contribution in [2.45, 2.75) is 12.7 Å². The zero-order chi connectivity index (χ0) is 19.7. The Morgan fingerprint density at radius 3 is 2.43 bits per heavy atom. The van der Waals surface area contributed by atoms with E-state index in [4.69, 9.17) is 0 Å². The van der Waals surface area contributed by atoms with Gasteiger partial charge in [-0.05, 0) is 35.9 Å². The van der Waals surface area contributed by atoms with Gasteiger partial charge in [-0.2, -0.15) is 13.2 Å². The van der Waals surface area contributed by atoms with Crippen LogP contribution in [0.1, 0.15) is 11.1 Å². The second-order valence-electron chi connectivity index (χ2n) is 6.81. The second-order valence-corrected chi connectivity index (χ2v) is 6.81. The Bertz CT molecular complexity index is 964. The lowest BCUT2D eigenvalue weighted by Gasteiger charge is -2.35. The van der Waals surface area contributed by atoms with Crippen LogP contribution < -0.4 is 4.90 Å². The number of fused-ring (bicyclic) bond motifs is 1. The van der Waals surface area contributed by atoms with Crippen LogP contribution in [0, 0.1) is 5.82 Å². The highest BCUT2D eigenvalue weighted by molar-refractivity contribution is 5.81. The van der Waals surface area contributed by atoms with E-state index in [0.29, 0.717) is 38.5 Å². The van der Waals surface area contributed by atoms with Gasteiger partial charge in [0, 0.05) is 50.5 Å². The Balaban J connectivity index is 1.42. The molecule has 3 heterocycles. The molecule has 3 aromatic rings. The number of hydrogen-bond acceptors (Lipinski definition) is 4. The Morgan fingerprint density at radius 1 is 0.964 bits per heavy atom. The molecule has 1 aromatic carbocycles. The maximum atomic E-state index is 13.9. The van der Waals surface area contributed by atoms with E-state index in [0.717, 1.165) is 28.7 Å². The molecule has 1 aliphatic heterocycles. The molecule has 0 amide bonds. The molecule has 1 aliphatic rings. The minimum atomic E-state index is -4.38. The maximum absolute atomic E-state index is 13.9. The van der Waals surface area contributed by atoms with Gasteiger partial charge >= 0.3 is 6.18 Å². The summed E-state index contributed by atoms with van der Waals surface area (Å²) in [6.07, 6.45) is -1.82. The van der Waals surface area contributed by atoms with Crippen LogP contribution in [0.3, 0.4) is 0 Å². The van der Waals surface area contributed by atoms with Crippen molar-refractivity contribution in [1.29, 1.82) is 0 Å². The summed E-state index contributed by atoms with van der Waals surface area (Å²) in [6, 6.07) is 9.06. The van der Waals surface area contributed by atoms with Crippen LogP contribution in [-0.4, -0.2) is 41.0 Å². The highest BCUT2D eigenvalue weighted by Crippen LogP contribution is 2.29. The lowest BCUT2D eigenvalue weighted by molar-refractivity contribution is -0.137. The third-order valence-corrected chi connectivity index (χ3v) is 4.91. The molecule has 0 unspecified atom stereocenters. The molecule has 1 fully saturated rings. The molecule has 0 N–H and O–H groups in total. The number of rotatable bonds is 3. The number of nitrogens with zero attached hydrogens (tertiary/aromatic N) is 4. The normalized spacial score (nSPS) is 15.9. The van der Waals surface area contributed by atoms with Gasteiger partial charge in [0.25, 0.3) is 0 Å². The van der Waals surface area contributed by atoms with Gasteiger partial charge in [0.1, 0.15) is 11.6 Å². The SMILES string of the molecule is Fc1cc(CN2CCN(c3ccc(C(F)(F)F)cn3)CC2)c2ncccc2c1. The van der Waals surface area contributed by atoms with E-state index in [2.05, 4.69) is 14.9 Å². The van der Waals surface area contributed by atoms with Gasteiger partial charge in [-0.1, -0.05) is 6.07 Å². The monoisotopic (exact) mass is 390 g/mol. The summed E-state index contributed by atoms with van der Waals surface area (Å²) in [6.45, 7) is 3.25. The number of halogens is 4. The zero-order valence-corrected chi connectivity index (χ0v) is 15.0. The molecule has 28 heavy (non-hydrogen) atoms. The van der Waals surface area contributed by atoms with Crippen LogP contribution in [0.15, 0.2) is 48.8 Å². The largest absolute Gasteiger partial charge is 0.417 e. The summed E-state index contributed by atoms with van der Waals surface area (Å²) in [4.78, 5) is 12.5. The van der Waals surface area contributed by atoms with E-state index in [9.17, 15) is 17.6 Å². The molecule has 2 aromatic heterocycles. The molecule has 8 heteroatoms. The first-order valence-corrected chi connectivity index (χ1v) is 8.94. The fourth-order valence-corrected chi connectivity index (χ4v) is 3.46. The van der Waals surface area contributed by atoms with Crippen molar-refractivity contribution in [3.63, 3.8) is 0 Å². The first kappa shape index (κ1) is 18.6. The third kappa shape index (κ3) is 3.91. The summed E-state index contributed by atoms with van der Waals surface area (Å²) in [5.74, 6) is 0.244. The summed E-state index contributed by atoms with van der Waals surface area (Å²) in [7, 11) is 0. The number of hydrogen-bond donors (Lipinski definition) is 0. The van der Waals surface area contributed by atoms with Gasteiger partial charge in [-0.25, -0.2) is 9.37 Å². The highest BCUT2D eigenvalue weighted by Gasteiger charge is 2.31. The minimum Gasteiger partial charge on any atom is -0.354 e. The number of pyridine rings is 2. The standard InChI is InChI=1S/C20H18F4N4/c21-17-10-14-2-1-5-25-19(14)15(11-17)13-27-6-8-28(9-7-27)18-4-3-16(12-26-18)20(22,23)24/h1-5,10-12H,6-9,13H2. The van der Waals surface area contributed by atoms with Gasteiger partial charge in [-0.3, -0.25) is 9.88 Å². The Morgan fingerprint density at radius 2 is 1.75 bits per heavy atom. The van der Waals surface area contributed by atoms with Crippen molar-refractivity contribution in [3.05, 3.63) is 65.7 Å². The molecule has 0 atom stereocenters. The third-order valence-electron chi connectivity index (χ3n) is 4.91. The molecule has 0 aliphatic carbocycles. The lowest BCUT2D eigenvalue weighted by Crippen LogP contribution is -2.46. The molecule has 1 saturated heterocycles. The molecule has 146 valence electrons. The fraction of sp³-hybridized carbons (Fsp3) is 0.300. The Labute approximate surface area is 159 Å². The zero-order valence-electron chi connectivity index (χ0n) is 15.0. The van der Waals surface area contributed by atoms with E-state index < -0.39 is 11.7 Å². The number of alkyl halides is 3. The van der Waals surface area contributed by atoms with Gasteiger partial charge in [0.15, 0.2) is 0 Å². The van der Waals surface area contributed by atoms with E-state index in [-0.39, 0.29) is 5.82 Å². The second kappa shape index (κ2) is 7.35. The first-order chi connectivity index (χ1) is 13.4. The van der Waals surface area contributed by atoms with Gasteiger partial charge in [-0.15, -0.1) is 0 Å². The van der Waals surface area contributed by atoms with Crippen LogP contribution >= 0.6 is 0 Å². The summed E-state index contributed by atoms with van der Waals surface area (Å²) >= 11 is 0. The van der Waals surface area contributed by atoms with Crippen LogP contribution in [-0.2, 0) is 12.7 Å². The Kier molecular flexibility index (Phi) is 4.89. The number of anilines is 1. The van der Waals surface area contributed by atoms with Crippen molar-refractivity contribution >= 4 is 16.7 Å². The topological polar surface area (TPSA) is 32.3 Å².